The Kier molecular flexibility index (Phi) is 9.18. The maximum atomic E-state index is 4.87. The van der Waals surface area contributed by atoms with Gasteiger partial charge in [-0.1, -0.05) is 18.6 Å². The third kappa shape index (κ3) is 6.12. The van der Waals surface area contributed by atoms with Crippen molar-refractivity contribution >= 4 is 81.6 Å². The number of hydrogen-bond donors (Lipinski definition) is 0. The van der Waals surface area contributed by atoms with Crippen molar-refractivity contribution in [2.45, 2.75) is 20.8 Å². The zero-order valence-electron chi connectivity index (χ0n) is 26.2. The quantitative estimate of drug-likeness (QED) is 0.196. The Hall–Kier alpha value is -3.59. The first-order valence-corrected chi connectivity index (χ1v) is 18.9. The molecule has 5 aromatic carbocycles. The number of aromatic nitrogens is 2. The van der Waals surface area contributed by atoms with Crippen molar-refractivity contribution < 1.29 is 20.1 Å². The minimum atomic E-state index is 0. The normalized spacial score (nSPS) is 12.2. The summed E-state index contributed by atoms with van der Waals surface area (Å²) in [6.45, 7) is 6.57. The second kappa shape index (κ2) is 13.5. The Morgan fingerprint density at radius 1 is 0.596 bits per heavy atom. The second-order valence-electron chi connectivity index (χ2n) is 11.8. The van der Waals surface area contributed by atoms with E-state index in [1.807, 2.05) is 18.5 Å². The SMILES string of the molecule is Cc1c[c-]c(-c2cc(C)c(C)cn2)cc1.[Ir].[c-]1cc2c3c(c1-c1cc4ccccc4cn1)[Se]c1ccccc1B3c1ccccc1[Se]2. The van der Waals surface area contributed by atoms with Crippen LogP contribution in [0.25, 0.3) is 33.3 Å². The maximum absolute atomic E-state index is 4.87. The molecule has 6 heteroatoms. The Morgan fingerprint density at radius 3 is 2.00 bits per heavy atom. The Balaban J connectivity index is 0.000000186. The predicted octanol–water partition coefficient (Wildman–Crippen LogP) is 3.63. The Morgan fingerprint density at radius 2 is 1.28 bits per heavy atom. The molecule has 2 aliphatic rings. The van der Waals surface area contributed by atoms with Gasteiger partial charge in [-0.05, 0) is 25.1 Å². The number of pyridine rings is 2. The van der Waals surface area contributed by atoms with E-state index in [-0.39, 0.29) is 35.1 Å². The van der Waals surface area contributed by atoms with Gasteiger partial charge in [0, 0.05) is 26.3 Å². The Labute approximate surface area is 303 Å². The molecule has 2 aromatic heterocycles. The molecule has 0 saturated carbocycles. The van der Waals surface area contributed by atoms with Crippen LogP contribution in [0.15, 0.2) is 122 Å². The van der Waals surface area contributed by atoms with E-state index in [1.54, 1.807) is 5.46 Å². The van der Waals surface area contributed by atoms with Crippen LogP contribution in [0, 0.1) is 32.9 Å². The molecule has 0 spiro atoms. The molecule has 47 heavy (non-hydrogen) atoms. The molecule has 9 rings (SSSR count). The molecule has 0 unspecified atom stereocenters. The summed E-state index contributed by atoms with van der Waals surface area (Å²) in [6, 6.07) is 46.2. The molecule has 229 valence electrons. The average Bonchev–Trinajstić information content (AvgIpc) is 3.10. The fourth-order valence-corrected chi connectivity index (χ4v) is 11.5. The molecule has 0 aliphatic carbocycles. The van der Waals surface area contributed by atoms with Gasteiger partial charge >= 0.3 is 195 Å². The number of hydrogen-bond acceptors (Lipinski definition) is 2. The van der Waals surface area contributed by atoms with Crippen LogP contribution < -0.4 is 34.2 Å². The number of fused-ring (bicyclic) bond motifs is 5. The van der Waals surface area contributed by atoms with Gasteiger partial charge in [0.05, 0.1) is 0 Å². The van der Waals surface area contributed by atoms with Crippen LogP contribution >= 0.6 is 0 Å². The topological polar surface area (TPSA) is 25.8 Å². The summed E-state index contributed by atoms with van der Waals surface area (Å²) >= 11 is 0.575. The van der Waals surface area contributed by atoms with Crippen LogP contribution in [0.5, 0.6) is 0 Å². The third-order valence-corrected chi connectivity index (χ3v) is 13.7. The molecular formula is C41H29BIrN2Se2-2. The molecule has 0 saturated heterocycles. The van der Waals surface area contributed by atoms with Gasteiger partial charge < -0.3 is 4.98 Å². The summed E-state index contributed by atoms with van der Waals surface area (Å²) in [6.07, 6.45) is 3.92. The third-order valence-electron chi connectivity index (χ3n) is 8.77. The molecule has 2 aliphatic heterocycles. The van der Waals surface area contributed by atoms with Gasteiger partial charge in [0.2, 0.25) is 0 Å². The van der Waals surface area contributed by atoms with Crippen molar-refractivity contribution in [3.63, 3.8) is 0 Å². The van der Waals surface area contributed by atoms with Crippen molar-refractivity contribution in [3.05, 3.63) is 150 Å². The molecule has 0 amide bonds. The fraction of sp³-hybridized carbons (Fsp3) is 0.0732. The first kappa shape index (κ1) is 32.0. The number of benzene rings is 5. The van der Waals surface area contributed by atoms with Crippen LogP contribution in [0.2, 0.25) is 0 Å². The van der Waals surface area contributed by atoms with E-state index in [4.69, 9.17) is 4.98 Å². The van der Waals surface area contributed by atoms with Crippen LogP contribution in [0.3, 0.4) is 0 Å². The van der Waals surface area contributed by atoms with Gasteiger partial charge in [0.1, 0.15) is 0 Å². The fourth-order valence-electron chi connectivity index (χ4n) is 6.17. The molecule has 0 bridgehead atoms. The molecule has 0 N–H and O–H groups in total. The van der Waals surface area contributed by atoms with E-state index >= 15 is 0 Å². The zero-order chi connectivity index (χ0) is 31.2. The zero-order valence-corrected chi connectivity index (χ0v) is 32.0. The van der Waals surface area contributed by atoms with E-state index in [1.165, 1.54) is 61.8 Å². The van der Waals surface area contributed by atoms with E-state index in [0.717, 1.165) is 17.0 Å². The van der Waals surface area contributed by atoms with E-state index in [0.29, 0.717) is 21.7 Å². The van der Waals surface area contributed by atoms with E-state index in [9.17, 15) is 0 Å². The number of aryl methyl sites for hydroxylation is 3. The van der Waals surface area contributed by atoms with Crippen molar-refractivity contribution in [2.75, 3.05) is 0 Å². The Bertz CT molecular complexity index is 2260. The van der Waals surface area contributed by atoms with E-state index in [2.05, 4.69) is 141 Å². The van der Waals surface area contributed by atoms with Crippen molar-refractivity contribution in [1.82, 2.24) is 9.97 Å². The van der Waals surface area contributed by atoms with Gasteiger partial charge in [-0.25, -0.2) is 0 Å². The van der Waals surface area contributed by atoms with E-state index < -0.39 is 0 Å². The van der Waals surface area contributed by atoms with Gasteiger partial charge in [-0.2, -0.15) is 0 Å². The monoisotopic (exact) mass is 913 g/mol. The minimum absolute atomic E-state index is 0. The molecule has 4 heterocycles. The van der Waals surface area contributed by atoms with Crippen molar-refractivity contribution in [3.8, 4) is 22.5 Å². The summed E-state index contributed by atoms with van der Waals surface area (Å²) in [5.74, 6) is 0. The summed E-state index contributed by atoms with van der Waals surface area (Å²) in [7, 11) is 0. The van der Waals surface area contributed by atoms with Gasteiger partial charge in [0.15, 0.2) is 0 Å². The van der Waals surface area contributed by atoms with Crippen molar-refractivity contribution in [1.29, 1.82) is 0 Å². The van der Waals surface area contributed by atoms with Crippen LogP contribution in [-0.2, 0) is 20.1 Å². The first-order chi connectivity index (χ1) is 22.5. The molecule has 7 aromatic rings. The summed E-state index contributed by atoms with van der Waals surface area (Å²) in [4.78, 5) is 9.28. The first-order valence-electron chi connectivity index (χ1n) is 15.4. The molecule has 0 atom stereocenters. The van der Waals surface area contributed by atoms with Crippen molar-refractivity contribution in [2.24, 2.45) is 0 Å². The molecule has 0 fully saturated rings. The van der Waals surface area contributed by atoms with Crippen LogP contribution in [-0.4, -0.2) is 46.6 Å². The number of nitrogens with zero attached hydrogens (tertiary/aromatic N) is 2. The average molecular weight is 911 g/mol. The summed E-state index contributed by atoms with van der Waals surface area (Å²) in [5.41, 5.74) is 12.5. The van der Waals surface area contributed by atoms with Crippen LogP contribution in [0.1, 0.15) is 16.7 Å². The molecule has 1 radical (unpaired) electrons. The standard InChI is InChI=1S/C27H15BNSe2.C14H14N.Ir/c1-2-8-18-16-29-22(15-17(18)7-1)19-13-14-25-26-27(19)31-24-12-6-4-10-21(24)28(26)20-9-3-5-11-23(20)30-25;1-10-4-6-13(7-5-10)14-8-11(2)12(3)9-15-14;/h1-12,14-16H;4-6,8-9H,1-3H3;/q2*-1;. The summed E-state index contributed by atoms with van der Waals surface area (Å²) < 4.78 is 5.97. The van der Waals surface area contributed by atoms with Gasteiger partial charge in [-0.3, -0.25) is 0 Å². The molecular weight excluding hydrogens is 881 g/mol. The number of rotatable bonds is 2. The van der Waals surface area contributed by atoms with Gasteiger partial charge in [0.25, 0.3) is 0 Å². The molecule has 2 nitrogen and oxygen atoms in total. The second-order valence-corrected chi connectivity index (χ2v) is 16.3. The van der Waals surface area contributed by atoms with Crippen LogP contribution in [0.4, 0.5) is 0 Å². The predicted molar refractivity (Wildman–Crippen MR) is 196 cm³/mol. The summed E-state index contributed by atoms with van der Waals surface area (Å²) in [5, 5.41) is 2.42. The van der Waals surface area contributed by atoms with Gasteiger partial charge in [-0.15, -0.1) is 35.4 Å².